The number of hydrogen-bond acceptors (Lipinski definition) is 5. The average molecular weight is 519 g/mol. The van der Waals surface area contributed by atoms with Gasteiger partial charge in [0.05, 0.1) is 22.6 Å². The molecule has 3 atom stereocenters. The van der Waals surface area contributed by atoms with E-state index in [0.29, 0.717) is 16.3 Å². The fourth-order valence-electron chi connectivity index (χ4n) is 3.68. The zero-order chi connectivity index (χ0) is 21.2. The van der Waals surface area contributed by atoms with Gasteiger partial charge in [-0.15, -0.1) is 11.8 Å². The van der Waals surface area contributed by atoms with Crippen LogP contribution in [-0.2, 0) is 4.79 Å². The van der Waals surface area contributed by atoms with Crippen molar-refractivity contribution in [1.82, 2.24) is 5.32 Å². The van der Waals surface area contributed by atoms with Crippen molar-refractivity contribution in [1.29, 1.82) is 5.26 Å². The number of halogens is 1. The number of amides is 1. The Balaban J connectivity index is 2.14. The Morgan fingerprint density at radius 1 is 1.28 bits per heavy atom. The molecule has 1 aliphatic heterocycles. The van der Waals surface area contributed by atoms with Crippen LogP contribution in [0.1, 0.15) is 24.0 Å². The lowest BCUT2D eigenvalue weighted by Gasteiger charge is -2.43. The van der Waals surface area contributed by atoms with Crippen LogP contribution in [0, 0.1) is 27.7 Å². The number of carbonyl (C=O) groups excluding carboxylic acids is 1. The molecule has 0 aromatic heterocycles. The van der Waals surface area contributed by atoms with E-state index in [4.69, 9.17) is 0 Å². The fraction of sp³-hybridized carbons (Fsp3) is 0.273. The van der Waals surface area contributed by atoms with Crippen molar-refractivity contribution in [3.05, 3.63) is 73.8 Å². The normalized spacial score (nSPS) is 23.9. The molecule has 0 aliphatic carbocycles. The molecule has 1 amide bonds. The first kappa shape index (κ1) is 21.7. The molecular weight excluding hydrogens is 497 g/mol. The fourth-order valence-corrected chi connectivity index (χ4v) is 5.11. The average Bonchev–Trinajstić information content (AvgIpc) is 2.68. The molecule has 3 rings (SSSR count). The minimum atomic E-state index is -1.53. The molecule has 0 radical (unpaired) electrons. The van der Waals surface area contributed by atoms with Gasteiger partial charge in [0.25, 0.3) is 0 Å². The third kappa shape index (κ3) is 4.29. The van der Waals surface area contributed by atoms with E-state index in [-0.39, 0.29) is 5.91 Å². The molecule has 0 bridgehead atoms. The number of thioether (sulfide) groups is 1. The van der Waals surface area contributed by atoms with E-state index in [0.717, 1.165) is 14.7 Å². The molecule has 0 spiro atoms. The van der Waals surface area contributed by atoms with Gasteiger partial charge in [0.2, 0.25) is 5.91 Å². The van der Waals surface area contributed by atoms with Crippen LogP contribution in [0.5, 0.6) is 0 Å². The van der Waals surface area contributed by atoms with Gasteiger partial charge < -0.3 is 15.7 Å². The van der Waals surface area contributed by atoms with Crippen LogP contribution < -0.4 is 10.6 Å². The van der Waals surface area contributed by atoms with E-state index in [1.54, 1.807) is 6.92 Å². The van der Waals surface area contributed by atoms with Gasteiger partial charge in [-0.05, 0) is 66.0 Å². The molecule has 5 nitrogen and oxygen atoms in total. The van der Waals surface area contributed by atoms with E-state index in [1.807, 2.05) is 61.7 Å². The lowest BCUT2D eigenvalue weighted by Crippen LogP contribution is -2.57. The summed E-state index contributed by atoms with van der Waals surface area (Å²) in [6.45, 7) is 3.50. The van der Waals surface area contributed by atoms with E-state index in [2.05, 4.69) is 39.3 Å². The van der Waals surface area contributed by atoms with Gasteiger partial charge >= 0.3 is 0 Å². The lowest BCUT2D eigenvalue weighted by atomic mass is 9.73. The molecule has 29 heavy (non-hydrogen) atoms. The summed E-state index contributed by atoms with van der Waals surface area (Å²) in [5.74, 6) is -1.81. The van der Waals surface area contributed by atoms with Crippen LogP contribution in [0.15, 0.2) is 59.1 Å². The highest BCUT2D eigenvalue weighted by Gasteiger charge is 2.50. The number of anilines is 1. The van der Waals surface area contributed by atoms with E-state index >= 15 is 0 Å². The van der Waals surface area contributed by atoms with Crippen LogP contribution in [0.4, 0.5) is 5.69 Å². The standard InChI is InChI=1S/C22H22IN3O2S/c1-13-8-4-7-11-17(13)25-20(27)19-18(14-9-5-6-10-16(14)23)15(12-24)21(29-3)26-22(19,2)28/h4-11,18-19,26,28H,1-3H3,(H,25,27). The van der Waals surface area contributed by atoms with Crippen LogP contribution >= 0.6 is 34.4 Å². The number of hydrogen-bond donors (Lipinski definition) is 3. The Morgan fingerprint density at radius 2 is 1.93 bits per heavy atom. The predicted octanol–water partition coefficient (Wildman–Crippen LogP) is 4.35. The second-order valence-electron chi connectivity index (χ2n) is 7.11. The largest absolute Gasteiger partial charge is 0.370 e. The van der Waals surface area contributed by atoms with Gasteiger partial charge in [0.1, 0.15) is 5.72 Å². The van der Waals surface area contributed by atoms with Crippen molar-refractivity contribution < 1.29 is 9.90 Å². The van der Waals surface area contributed by atoms with Crippen molar-refractivity contribution >= 4 is 45.9 Å². The van der Waals surface area contributed by atoms with E-state index < -0.39 is 17.6 Å². The summed E-state index contributed by atoms with van der Waals surface area (Å²) in [5, 5.41) is 27.7. The molecule has 3 unspecified atom stereocenters. The third-order valence-corrected chi connectivity index (χ3v) is 6.82. The minimum absolute atomic E-state index is 0.339. The number of benzene rings is 2. The second-order valence-corrected chi connectivity index (χ2v) is 9.09. The zero-order valence-corrected chi connectivity index (χ0v) is 19.3. The summed E-state index contributed by atoms with van der Waals surface area (Å²) in [4.78, 5) is 13.4. The molecule has 2 aromatic rings. The van der Waals surface area contributed by atoms with Crippen LogP contribution in [-0.4, -0.2) is 23.0 Å². The molecule has 7 heteroatoms. The van der Waals surface area contributed by atoms with E-state index in [1.165, 1.54) is 11.8 Å². The molecular formula is C22H22IN3O2S. The van der Waals surface area contributed by atoms with Crippen LogP contribution in [0.25, 0.3) is 0 Å². The summed E-state index contributed by atoms with van der Waals surface area (Å²) in [6, 6.07) is 17.4. The quantitative estimate of drug-likeness (QED) is 0.524. The van der Waals surface area contributed by atoms with Gasteiger partial charge in [0, 0.05) is 15.2 Å². The Hall–Kier alpha value is -2.02. The second kappa shape index (κ2) is 8.78. The van der Waals surface area contributed by atoms with Crippen molar-refractivity contribution in [3.8, 4) is 6.07 Å². The maximum Gasteiger partial charge on any atom is 0.233 e. The first-order valence-corrected chi connectivity index (χ1v) is 11.4. The molecule has 150 valence electrons. The van der Waals surface area contributed by atoms with Gasteiger partial charge in [-0.25, -0.2) is 0 Å². The highest BCUT2D eigenvalue weighted by Crippen LogP contribution is 2.45. The Bertz CT molecular complexity index is 1010. The first-order valence-electron chi connectivity index (χ1n) is 9.10. The maximum absolute atomic E-state index is 13.4. The van der Waals surface area contributed by atoms with Gasteiger partial charge in [0.15, 0.2) is 0 Å². The minimum Gasteiger partial charge on any atom is -0.370 e. The number of nitrogens with one attached hydrogen (secondary N) is 2. The molecule has 0 fully saturated rings. The summed E-state index contributed by atoms with van der Waals surface area (Å²) in [7, 11) is 0. The number of para-hydroxylation sites is 1. The predicted molar refractivity (Wildman–Crippen MR) is 125 cm³/mol. The number of allylic oxidation sites excluding steroid dienone is 1. The Morgan fingerprint density at radius 3 is 2.55 bits per heavy atom. The molecule has 2 aromatic carbocycles. The van der Waals surface area contributed by atoms with Gasteiger partial charge in [-0.2, -0.15) is 5.26 Å². The maximum atomic E-state index is 13.4. The Kier molecular flexibility index (Phi) is 6.56. The molecule has 0 saturated carbocycles. The SMILES string of the molecule is CSC1=C(C#N)C(c2ccccc2I)C(C(=O)Nc2ccccc2C)C(C)(O)N1. The molecule has 0 saturated heterocycles. The summed E-state index contributed by atoms with van der Waals surface area (Å²) < 4.78 is 0.940. The lowest BCUT2D eigenvalue weighted by molar-refractivity contribution is -0.131. The number of aliphatic hydroxyl groups is 1. The monoisotopic (exact) mass is 519 g/mol. The zero-order valence-electron chi connectivity index (χ0n) is 16.4. The molecule has 1 aliphatic rings. The summed E-state index contributed by atoms with van der Waals surface area (Å²) >= 11 is 3.57. The van der Waals surface area contributed by atoms with Gasteiger partial charge in [-0.1, -0.05) is 36.4 Å². The van der Waals surface area contributed by atoms with Crippen molar-refractivity contribution in [3.63, 3.8) is 0 Å². The topological polar surface area (TPSA) is 85.2 Å². The van der Waals surface area contributed by atoms with Crippen LogP contribution in [0.3, 0.4) is 0 Å². The van der Waals surface area contributed by atoms with Crippen molar-refractivity contribution in [2.24, 2.45) is 5.92 Å². The first-order chi connectivity index (χ1) is 13.8. The van der Waals surface area contributed by atoms with Crippen molar-refractivity contribution in [2.75, 3.05) is 11.6 Å². The third-order valence-electron chi connectivity index (χ3n) is 5.11. The number of carbonyl (C=O) groups is 1. The molecule has 1 heterocycles. The number of nitrogens with zero attached hydrogens (tertiary/aromatic N) is 1. The Labute approximate surface area is 188 Å². The highest BCUT2D eigenvalue weighted by atomic mass is 127. The number of nitriles is 1. The smallest absolute Gasteiger partial charge is 0.233 e. The summed E-state index contributed by atoms with van der Waals surface area (Å²) in [5.41, 5.74) is 1.39. The highest BCUT2D eigenvalue weighted by molar-refractivity contribution is 14.1. The van der Waals surface area contributed by atoms with Gasteiger partial charge in [-0.3, -0.25) is 4.79 Å². The molecule has 3 N–H and O–H groups in total. The van der Waals surface area contributed by atoms with E-state index in [9.17, 15) is 15.2 Å². The van der Waals surface area contributed by atoms with Crippen LogP contribution in [0.2, 0.25) is 0 Å². The number of aryl methyl sites for hydroxylation is 1. The van der Waals surface area contributed by atoms with Crippen molar-refractivity contribution in [2.45, 2.75) is 25.5 Å². The summed E-state index contributed by atoms with van der Waals surface area (Å²) in [6.07, 6.45) is 1.84. The number of rotatable bonds is 4.